The van der Waals surface area contributed by atoms with Crippen molar-refractivity contribution in [2.24, 2.45) is 5.92 Å². The van der Waals surface area contributed by atoms with Gasteiger partial charge in [0.05, 0.1) is 10.6 Å². The highest BCUT2D eigenvalue weighted by Crippen LogP contribution is 2.35. The van der Waals surface area contributed by atoms with Crippen LogP contribution in [0, 0.1) is 5.92 Å². The van der Waals surface area contributed by atoms with Crippen molar-refractivity contribution in [1.29, 1.82) is 0 Å². The lowest BCUT2D eigenvalue weighted by atomic mass is 9.84. The summed E-state index contributed by atoms with van der Waals surface area (Å²) >= 11 is 7.67. The van der Waals surface area contributed by atoms with E-state index in [1.54, 1.807) is 6.07 Å². The van der Waals surface area contributed by atoms with Gasteiger partial charge in [0.25, 0.3) is 5.91 Å². The molecule has 1 N–H and O–H groups in total. The number of rotatable bonds is 3. The Balaban J connectivity index is 1.46. The van der Waals surface area contributed by atoms with E-state index in [4.69, 9.17) is 16.0 Å². The predicted octanol–water partition coefficient (Wildman–Crippen LogP) is 4.03. The Morgan fingerprint density at radius 1 is 1.31 bits per heavy atom. The summed E-state index contributed by atoms with van der Waals surface area (Å²) in [4.78, 5) is 20.7. The van der Waals surface area contributed by atoms with E-state index in [-0.39, 0.29) is 11.9 Å². The molecule has 0 unspecified atom stereocenters. The van der Waals surface area contributed by atoms with Crippen molar-refractivity contribution in [3.05, 3.63) is 40.2 Å². The number of para-hydroxylation sites is 1. The largest absolute Gasteiger partial charge is 0.435 e. The predicted molar refractivity (Wildman–Crippen MR) is 103 cm³/mol. The smallest absolute Gasteiger partial charge is 0.253 e. The molecule has 26 heavy (non-hydrogen) atoms. The van der Waals surface area contributed by atoms with Crippen LogP contribution in [0.4, 0.5) is 0 Å². The molecule has 3 saturated heterocycles. The lowest BCUT2D eigenvalue weighted by molar-refractivity contribution is 0.0621. The number of hydrogen-bond acceptors (Lipinski definition) is 5. The molecule has 1 atom stereocenters. The minimum absolute atomic E-state index is 0.0773. The van der Waals surface area contributed by atoms with Crippen LogP contribution in [0.1, 0.15) is 23.2 Å². The number of carbonyl (C=O) groups excluding carboxylic acids is 1. The lowest BCUT2D eigenvalue weighted by Gasteiger charge is -2.44. The number of carbonyl (C=O) groups is 1. The second-order valence-corrected chi connectivity index (χ2v) is 8.31. The first-order valence-corrected chi connectivity index (χ1v) is 10.1. The standard InChI is InChI=1S/C19H18ClN3O2S/c20-13-6-9-26-17(13)19-22-16-12(2-1-3-15(16)25-19)18(24)21-14-10-23-7-4-11(14)5-8-23/h1-3,6,9,11,14H,4-5,7-8,10H2,(H,21,24)/t14-/m1/s1. The van der Waals surface area contributed by atoms with E-state index in [0.717, 1.165) is 24.5 Å². The summed E-state index contributed by atoms with van der Waals surface area (Å²) in [6, 6.07) is 7.51. The van der Waals surface area contributed by atoms with E-state index >= 15 is 0 Å². The molecule has 0 radical (unpaired) electrons. The van der Waals surface area contributed by atoms with Gasteiger partial charge in [-0.2, -0.15) is 0 Å². The van der Waals surface area contributed by atoms with Gasteiger partial charge < -0.3 is 14.6 Å². The highest BCUT2D eigenvalue weighted by Gasteiger charge is 2.35. The molecule has 3 aliphatic heterocycles. The van der Waals surface area contributed by atoms with Gasteiger partial charge in [0, 0.05) is 12.6 Å². The van der Waals surface area contributed by atoms with Crippen molar-refractivity contribution in [2.45, 2.75) is 18.9 Å². The van der Waals surface area contributed by atoms with Crippen LogP contribution in [-0.2, 0) is 0 Å². The van der Waals surface area contributed by atoms with Gasteiger partial charge in [0.2, 0.25) is 5.89 Å². The van der Waals surface area contributed by atoms with Gasteiger partial charge in [0.1, 0.15) is 10.4 Å². The van der Waals surface area contributed by atoms with Crippen LogP contribution in [0.25, 0.3) is 21.9 Å². The Kier molecular flexibility index (Phi) is 3.99. The highest BCUT2D eigenvalue weighted by atomic mass is 35.5. The number of amides is 1. The maximum atomic E-state index is 12.9. The topological polar surface area (TPSA) is 58.4 Å². The molecule has 2 aromatic heterocycles. The summed E-state index contributed by atoms with van der Waals surface area (Å²) in [7, 11) is 0. The Hall–Kier alpha value is -1.89. The molecule has 5 nitrogen and oxygen atoms in total. The fourth-order valence-electron chi connectivity index (χ4n) is 4.05. The molecule has 1 aromatic carbocycles. The Labute approximate surface area is 160 Å². The number of thiophene rings is 1. The summed E-state index contributed by atoms with van der Waals surface area (Å²) < 4.78 is 5.85. The molecule has 5 heterocycles. The van der Waals surface area contributed by atoms with Crippen LogP contribution < -0.4 is 5.32 Å². The molecule has 2 bridgehead atoms. The molecular formula is C19H18ClN3O2S. The third-order valence-corrected chi connectivity index (χ3v) is 6.78. The van der Waals surface area contributed by atoms with Gasteiger partial charge in [-0.1, -0.05) is 17.7 Å². The third kappa shape index (κ3) is 2.73. The van der Waals surface area contributed by atoms with E-state index in [2.05, 4.69) is 15.2 Å². The molecule has 3 fully saturated rings. The first kappa shape index (κ1) is 16.3. The summed E-state index contributed by atoms with van der Waals surface area (Å²) in [5.74, 6) is 0.968. The van der Waals surface area contributed by atoms with Gasteiger partial charge in [0.15, 0.2) is 5.58 Å². The average Bonchev–Trinajstić information content (AvgIpc) is 3.27. The first-order valence-electron chi connectivity index (χ1n) is 8.85. The zero-order chi connectivity index (χ0) is 17.7. The van der Waals surface area contributed by atoms with Crippen LogP contribution in [-0.4, -0.2) is 41.5 Å². The van der Waals surface area contributed by atoms with Crippen LogP contribution in [0.5, 0.6) is 0 Å². The average molecular weight is 388 g/mol. The van der Waals surface area contributed by atoms with Crippen molar-refractivity contribution in [3.8, 4) is 10.8 Å². The van der Waals surface area contributed by atoms with E-state index in [9.17, 15) is 4.79 Å². The number of piperidine rings is 3. The number of fused-ring (bicyclic) bond motifs is 4. The van der Waals surface area contributed by atoms with E-state index in [0.29, 0.717) is 33.5 Å². The van der Waals surface area contributed by atoms with Gasteiger partial charge in [-0.15, -0.1) is 11.3 Å². The van der Waals surface area contributed by atoms with Crippen molar-refractivity contribution in [1.82, 2.24) is 15.2 Å². The number of hydrogen-bond donors (Lipinski definition) is 1. The number of benzene rings is 1. The minimum atomic E-state index is -0.0773. The molecule has 0 aliphatic carbocycles. The van der Waals surface area contributed by atoms with Crippen molar-refractivity contribution in [3.63, 3.8) is 0 Å². The molecule has 0 saturated carbocycles. The lowest BCUT2D eigenvalue weighted by Crippen LogP contribution is -2.57. The van der Waals surface area contributed by atoms with Gasteiger partial charge in [-0.25, -0.2) is 4.98 Å². The monoisotopic (exact) mass is 387 g/mol. The van der Waals surface area contributed by atoms with Gasteiger partial charge >= 0.3 is 0 Å². The molecule has 7 heteroatoms. The van der Waals surface area contributed by atoms with Gasteiger partial charge in [-0.3, -0.25) is 4.79 Å². The first-order chi connectivity index (χ1) is 12.7. The van der Waals surface area contributed by atoms with Crippen molar-refractivity contribution >= 4 is 39.9 Å². The zero-order valence-electron chi connectivity index (χ0n) is 14.1. The number of nitrogens with one attached hydrogen (secondary N) is 1. The molecule has 134 valence electrons. The van der Waals surface area contributed by atoms with Gasteiger partial charge in [-0.05, 0) is 55.4 Å². The molecule has 6 rings (SSSR count). The summed E-state index contributed by atoms with van der Waals surface area (Å²) in [5, 5.41) is 5.74. The Morgan fingerprint density at radius 3 is 2.85 bits per heavy atom. The van der Waals surface area contributed by atoms with E-state index in [1.165, 1.54) is 24.2 Å². The Bertz CT molecular complexity index is 974. The summed E-state index contributed by atoms with van der Waals surface area (Å²) in [6.45, 7) is 3.25. The zero-order valence-corrected chi connectivity index (χ0v) is 15.6. The summed E-state index contributed by atoms with van der Waals surface area (Å²) in [6.07, 6.45) is 2.33. The molecule has 0 spiro atoms. The van der Waals surface area contributed by atoms with Crippen LogP contribution in [0.15, 0.2) is 34.1 Å². The molecular weight excluding hydrogens is 370 g/mol. The van der Waals surface area contributed by atoms with E-state index in [1.807, 2.05) is 23.6 Å². The second-order valence-electron chi connectivity index (χ2n) is 6.99. The second kappa shape index (κ2) is 6.37. The SMILES string of the molecule is O=C(N[C@@H]1CN2CCC1CC2)c1cccc2oc(-c3sccc3Cl)nc12. The fraction of sp³-hybridized carbons (Fsp3) is 0.368. The molecule has 1 amide bonds. The Morgan fingerprint density at radius 2 is 2.15 bits per heavy atom. The quantitative estimate of drug-likeness (QED) is 0.737. The number of aromatic nitrogens is 1. The fourth-order valence-corrected chi connectivity index (χ4v) is 5.11. The molecule has 3 aromatic rings. The number of nitrogens with zero attached hydrogens (tertiary/aromatic N) is 2. The normalized spacial score (nSPS) is 24.9. The maximum Gasteiger partial charge on any atom is 0.253 e. The number of oxazole rings is 1. The highest BCUT2D eigenvalue weighted by molar-refractivity contribution is 7.14. The van der Waals surface area contributed by atoms with Crippen LogP contribution in [0.2, 0.25) is 5.02 Å². The summed E-state index contributed by atoms with van der Waals surface area (Å²) in [5.41, 5.74) is 1.75. The third-order valence-electron chi connectivity index (χ3n) is 5.45. The molecule has 3 aliphatic rings. The number of halogens is 1. The van der Waals surface area contributed by atoms with Crippen molar-refractivity contribution in [2.75, 3.05) is 19.6 Å². The van der Waals surface area contributed by atoms with Crippen LogP contribution >= 0.6 is 22.9 Å². The minimum Gasteiger partial charge on any atom is -0.435 e. The maximum absolute atomic E-state index is 12.9. The van der Waals surface area contributed by atoms with E-state index < -0.39 is 0 Å². The van der Waals surface area contributed by atoms with Crippen LogP contribution in [0.3, 0.4) is 0 Å². The van der Waals surface area contributed by atoms with Crippen molar-refractivity contribution < 1.29 is 9.21 Å².